The molecule has 1 aliphatic heterocycles. The third-order valence-electron chi connectivity index (χ3n) is 5.49. The van der Waals surface area contributed by atoms with Gasteiger partial charge in [-0.25, -0.2) is 4.98 Å². The third-order valence-corrected chi connectivity index (χ3v) is 7.55. The van der Waals surface area contributed by atoms with Gasteiger partial charge < -0.3 is 30.2 Å². The number of benzene rings is 1. The molecule has 1 aromatic heterocycles. The number of piperazine rings is 1. The normalized spacial score (nSPS) is 15.1. The maximum atomic E-state index is 13.3. The summed E-state index contributed by atoms with van der Waals surface area (Å²) in [7, 11) is -2.69. The Bertz CT molecular complexity index is 1020. The van der Waals surface area contributed by atoms with Crippen LogP contribution in [0.2, 0.25) is 0 Å². The van der Waals surface area contributed by atoms with Gasteiger partial charge in [-0.15, -0.1) is 0 Å². The van der Waals surface area contributed by atoms with Crippen LogP contribution in [-0.4, -0.2) is 83.5 Å². The van der Waals surface area contributed by atoms with Crippen LogP contribution in [0.25, 0.3) is 10.6 Å². The minimum absolute atomic E-state index is 0.145. The van der Waals surface area contributed by atoms with Crippen molar-refractivity contribution in [3.8, 4) is 10.6 Å². The minimum atomic E-state index is -4.57. The highest BCUT2D eigenvalue weighted by molar-refractivity contribution is 7.51. The first-order valence-electron chi connectivity index (χ1n) is 11.3. The van der Waals surface area contributed by atoms with Crippen molar-refractivity contribution in [2.24, 2.45) is 0 Å². The van der Waals surface area contributed by atoms with Crippen molar-refractivity contribution in [3.05, 3.63) is 36.0 Å². The Morgan fingerprint density at radius 3 is 2.56 bits per heavy atom. The molecule has 3 rings (SSSR count). The van der Waals surface area contributed by atoms with E-state index < -0.39 is 31.6 Å². The van der Waals surface area contributed by atoms with Crippen LogP contribution >= 0.6 is 18.9 Å². The van der Waals surface area contributed by atoms with Crippen molar-refractivity contribution in [1.82, 2.24) is 20.5 Å². The van der Waals surface area contributed by atoms with Crippen LogP contribution in [-0.2, 0) is 9.36 Å². The quantitative estimate of drug-likeness (QED) is 0.356. The predicted octanol–water partition coefficient (Wildman–Crippen LogP) is 1.75. The average molecular weight is 510 g/mol. The number of hydrogen-bond donors (Lipinski definition) is 4. The number of anilines is 1. The van der Waals surface area contributed by atoms with E-state index in [2.05, 4.69) is 22.5 Å². The van der Waals surface area contributed by atoms with Crippen LogP contribution in [0.4, 0.5) is 5.00 Å². The summed E-state index contributed by atoms with van der Waals surface area (Å²) in [5.41, 5.74) is 1.01. The molecule has 0 radical (unpaired) electrons. The van der Waals surface area contributed by atoms with Crippen molar-refractivity contribution in [2.75, 3.05) is 50.8 Å². The van der Waals surface area contributed by atoms with Crippen LogP contribution < -0.4 is 15.5 Å². The molecule has 2 heterocycles. The lowest BCUT2D eigenvalue weighted by atomic mass is 10.2. The summed E-state index contributed by atoms with van der Waals surface area (Å²) in [6.45, 7) is 4.79. The Hall–Kier alpha value is -2.30. The van der Waals surface area contributed by atoms with Gasteiger partial charge in [-0.05, 0) is 6.42 Å². The maximum Gasteiger partial charge on any atom is 0.328 e. The van der Waals surface area contributed by atoms with Crippen LogP contribution in [0.15, 0.2) is 30.3 Å². The average Bonchev–Trinajstić information content (AvgIpc) is 3.28. The first-order chi connectivity index (χ1) is 16.2. The van der Waals surface area contributed by atoms with Crippen molar-refractivity contribution < 1.29 is 23.9 Å². The van der Waals surface area contributed by atoms with Crippen LogP contribution in [0, 0.1) is 0 Å². The molecule has 0 spiro atoms. The van der Waals surface area contributed by atoms with Gasteiger partial charge in [0.2, 0.25) is 5.91 Å². The van der Waals surface area contributed by atoms with E-state index in [4.69, 9.17) is 0 Å². The van der Waals surface area contributed by atoms with E-state index in [0.717, 1.165) is 24.9 Å². The van der Waals surface area contributed by atoms with Crippen LogP contribution in [0.5, 0.6) is 0 Å². The van der Waals surface area contributed by atoms with Crippen molar-refractivity contribution >= 4 is 35.7 Å². The number of amides is 2. The SMILES string of the molecule is CCCCN(C)c1sc(-c2ccccc2)nc1C(=O)NC(CP(=O)(O)O)C(=O)N1CCNCC1. The molecular weight excluding hydrogens is 477 g/mol. The second kappa shape index (κ2) is 11.9. The summed E-state index contributed by atoms with van der Waals surface area (Å²) in [4.78, 5) is 53.6. The van der Waals surface area contributed by atoms with E-state index in [9.17, 15) is 23.9 Å². The van der Waals surface area contributed by atoms with E-state index in [-0.39, 0.29) is 5.69 Å². The number of unbranched alkanes of at least 4 members (excludes halogenated alkanes) is 1. The van der Waals surface area contributed by atoms with Gasteiger partial charge in [0.1, 0.15) is 16.1 Å². The molecule has 2 aromatic rings. The van der Waals surface area contributed by atoms with E-state index >= 15 is 0 Å². The zero-order valence-corrected chi connectivity index (χ0v) is 21.1. The van der Waals surface area contributed by atoms with Gasteiger partial charge in [-0.1, -0.05) is 55.0 Å². The molecular formula is C22H32N5O5PS. The predicted molar refractivity (Wildman–Crippen MR) is 133 cm³/mol. The number of hydrogen-bond acceptors (Lipinski definition) is 7. The molecule has 12 heteroatoms. The Morgan fingerprint density at radius 2 is 1.94 bits per heavy atom. The molecule has 1 fully saturated rings. The molecule has 0 bridgehead atoms. The second-order valence-corrected chi connectivity index (χ2v) is 10.9. The minimum Gasteiger partial charge on any atom is -0.365 e. The van der Waals surface area contributed by atoms with Crippen molar-refractivity contribution in [3.63, 3.8) is 0 Å². The van der Waals surface area contributed by atoms with E-state index in [1.807, 2.05) is 42.3 Å². The molecule has 0 saturated carbocycles. The zero-order valence-electron chi connectivity index (χ0n) is 19.4. The fraction of sp³-hybridized carbons (Fsp3) is 0.500. The lowest BCUT2D eigenvalue weighted by Gasteiger charge is -2.31. The monoisotopic (exact) mass is 509 g/mol. The van der Waals surface area contributed by atoms with E-state index in [0.29, 0.717) is 36.2 Å². The summed E-state index contributed by atoms with van der Waals surface area (Å²) in [6, 6.07) is 8.13. The number of nitrogens with zero attached hydrogens (tertiary/aromatic N) is 3. The molecule has 4 N–H and O–H groups in total. The Balaban J connectivity index is 1.90. The molecule has 2 amide bonds. The maximum absolute atomic E-state index is 13.3. The largest absolute Gasteiger partial charge is 0.365 e. The second-order valence-electron chi connectivity index (χ2n) is 8.26. The Labute approximate surface area is 203 Å². The Kier molecular flexibility index (Phi) is 9.21. The highest BCUT2D eigenvalue weighted by Gasteiger charge is 2.34. The molecule has 1 saturated heterocycles. The summed E-state index contributed by atoms with van der Waals surface area (Å²) in [5, 5.41) is 7.01. The number of aromatic nitrogens is 1. The number of thiazole rings is 1. The lowest BCUT2D eigenvalue weighted by molar-refractivity contribution is -0.133. The lowest BCUT2D eigenvalue weighted by Crippen LogP contribution is -2.55. The highest BCUT2D eigenvalue weighted by Crippen LogP contribution is 2.37. The number of carbonyl (C=O) groups is 2. The summed E-state index contributed by atoms with van der Waals surface area (Å²) in [6.07, 6.45) is 1.15. The van der Waals surface area contributed by atoms with Gasteiger partial charge in [-0.2, -0.15) is 0 Å². The number of nitrogens with one attached hydrogen (secondary N) is 2. The molecule has 1 atom stereocenters. The van der Waals surface area contributed by atoms with Crippen molar-refractivity contribution in [2.45, 2.75) is 25.8 Å². The molecule has 186 valence electrons. The molecule has 34 heavy (non-hydrogen) atoms. The first kappa shape index (κ1) is 26.3. The van der Waals surface area contributed by atoms with Gasteiger partial charge >= 0.3 is 7.60 Å². The molecule has 0 aliphatic carbocycles. The van der Waals surface area contributed by atoms with Gasteiger partial charge in [0, 0.05) is 45.3 Å². The summed E-state index contributed by atoms with van der Waals surface area (Å²) >= 11 is 1.37. The van der Waals surface area contributed by atoms with E-state index in [1.54, 1.807) is 0 Å². The summed E-state index contributed by atoms with van der Waals surface area (Å²) in [5.74, 6) is -1.13. The van der Waals surface area contributed by atoms with Crippen LogP contribution in [0.3, 0.4) is 0 Å². The van der Waals surface area contributed by atoms with Gasteiger partial charge in [0.25, 0.3) is 5.91 Å². The smallest absolute Gasteiger partial charge is 0.328 e. The highest BCUT2D eigenvalue weighted by atomic mass is 32.1. The summed E-state index contributed by atoms with van der Waals surface area (Å²) < 4.78 is 11.8. The number of carbonyl (C=O) groups excluding carboxylic acids is 2. The fourth-order valence-corrected chi connectivity index (χ4v) is 5.45. The first-order valence-corrected chi connectivity index (χ1v) is 13.9. The molecule has 1 aromatic carbocycles. The van der Waals surface area contributed by atoms with Gasteiger partial charge in [0.05, 0.1) is 6.16 Å². The molecule has 10 nitrogen and oxygen atoms in total. The standard InChI is InChI=1S/C22H32N5O5PS/c1-3-4-12-26(2)22-18(25-20(34-22)16-8-6-5-7-9-16)19(28)24-17(15-33(30,31)32)21(29)27-13-10-23-11-14-27/h5-9,17,23H,3-4,10-15H2,1-2H3,(H,24,28)(H2,30,31,32). The topological polar surface area (TPSA) is 135 Å². The third kappa shape index (κ3) is 7.10. The fourth-order valence-electron chi connectivity index (χ4n) is 3.68. The van der Waals surface area contributed by atoms with Crippen molar-refractivity contribution in [1.29, 1.82) is 0 Å². The van der Waals surface area contributed by atoms with E-state index in [1.165, 1.54) is 16.2 Å². The molecule has 1 unspecified atom stereocenters. The van der Waals surface area contributed by atoms with Gasteiger partial charge in [-0.3, -0.25) is 14.2 Å². The zero-order chi connectivity index (χ0) is 24.7. The van der Waals surface area contributed by atoms with Gasteiger partial charge in [0.15, 0.2) is 5.69 Å². The Morgan fingerprint density at radius 1 is 1.26 bits per heavy atom. The molecule has 1 aliphatic rings. The number of rotatable bonds is 10. The van der Waals surface area contributed by atoms with Crippen LogP contribution in [0.1, 0.15) is 30.3 Å².